The van der Waals surface area contributed by atoms with E-state index in [1.807, 2.05) is 39.9 Å². The molecule has 0 atom stereocenters. The van der Waals surface area contributed by atoms with Gasteiger partial charge in [0.1, 0.15) is 0 Å². The molecule has 6 heteroatoms. The highest BCUT2D eigenvalue weighted by Crippen LogP contribution is 2.23. The van der Waals surface area contributed by atoms with Gasteiger partial charge in [-0.1, -0.05) is 31.5 Å². The summed E-state index contributed by atoms with van der Waals surface area (Å²) in [6.07, 6.45) is 0. The Balaban J connectivity index is 1.93. The van der Waals surface area contributed by atoms with Crippen LogP contribution < -0.4 is 0 Å². The number of rotatable bonds is 3. The van der Waals surface area contributed by atoms with Gasteiger partial charge in [-0.2, -0.15) is 5.10 Å². The second kappa shape index (κ2) is 6.95. The third kappa shape index (κ3) is 3.47. The van der Waals surface area contributed by atoms with Gasteiger partial charge in [-0.05, 0) is 37.2 Å². The molecule has 0 spiro atoms. The van der Waals surface area contributed by atoms with Crippen LogP contribution in [0.1, 0.15) is 35.9 Å². The lowest BCUT2D eigenvalue weighted by atomic mass is 10.1. The van der Waals surface area contributed by atoms with Crippen molar-refractivity contribution >= 4 is 17.5 Å². The maximum atomic E-state index is 12.8. The molecule has 0 saturated carbocycles. The maximum Gasteiger partial charge on any atom is 0.274 e. The minimum atomic E-state index is 0.00535. The van der Waals surface area contributed by atoms with E-state index in [0.29, 0.717) is 10.7 Å². The number of piperazine rings is 1. The number of halogens is 1. The first kappa shape index (κ1) is 17.0. The Morgan fingerprint density at radius 1 is 1.17 bits per heavy atom. The van der Waals surface area contributed by atoms with Gasteiger partial charge >= 0.3 is 0 Å². The fourth-order valence-corrected chi connectivity index (χ4v) is 3.08. The standard InChI is InChI=1S/C18H23ClN4O/c1-13(2)17-12-16(18(24)22-9-7-21(3)8-10-22)20-23(17)15-6-4-5-14(19)11-15/h4-6,11-13H,7-10H2,1-3H3. The Morgan fingerprint density at radius 3 is 2.50 bits per heavy atom. The van der Waals surface area contributed by atoms with E-state index in [4.69, 9.17) is 11.6 Å². The van der Waals surface area contributed by atoms with E-state index in [-0.39, 0.29) is 11.8 Å². The number of amides is 1. The van der Waals surface area contributed by atoms with Gasteiger partial charge in [-0.15, -0.1) is 0 Å². The average molecular weight is 347 g/mol. The minimum Gasteiger partial charge on any atom is -0.335 e. The summed E-state index contributed by atoms with van der Waals surface area (Å²) in [7, 11) is 2.08. The number of carbonyl (C=O) groups excluding carboxylic acids is 1. The summed E-state index contributed by atoms with van der Waals surface area (Å²) in [6.45, 7) is 7.49. The first-order valence-corrected chi connectivity index (χ1v) is 8.67. The van der Waals surface area contributed by atoms with Crippen LogP contribution in [-0.4, -0.2) is 58.7 Å². The number of carbonyl (C=O) groups is 1. The molecule has 1 aromatic heterocycles. The predicted molar refractivity (Wildman–Crippen MR) is 96.1 cm³/mol. The topological polar surface area (TPSA) is 41.4 Å². The van der Waals surface area contributed by atoms with E-state index in [2.05, 4.69) is 30.9 Å². The van der Waals surface area contributed by atoms with Gasteiger partial charge < -0.3 is 9.80 Å². The number of hydrogen-bond acceptors (Lipinski definition) is 3. The Hall–Kier alpha value is -1.85. The predicted octanol–water partition coefficient (Wildman–Crippen LogP) is 3.04. The smallest absolute Gasteiger partial charge is 0.274 e. The van der Waals surface area contributed by atoms with Crippen LogP contribution in [-0.2, 0) is 0 Å². The summed E-state index contributed by atoms with van der Waals surface area (Å²) in [6, 6.07) is 9.46. The molecule has 1 aliphatic rings. The molecule has 2 aromatic rings. The number of nitrogens with zero attached hydrogens (tertiary/aromatic N) is 4. The molecular weight excluding hydrogens is 324 g/mol. The highest BCUT2D eigenvalue weighted by molar-refractivity contribution is 6.30. The molecule has 128 valence electrons. The number of aromatic nitrogens is 2. The van der Waals surface area contributed by atoms with E-state index in [1.165, 1.54) is 0 Å². The third-order valence-electron chi connectivity index (χ3n) is 4.39. The quantitative estimate of drug-likeness (QED) is 0.857. The van der Waals surface area contributed by atoms with Crippen LogP contribution in [0.25, 0.3) is 5.69 Å². The van der Waals surface area contributed by atoms with Gasteiger partial charge in [-0.3, -0.25) is 4.79 Å². The summed E-state index contributed by atoms with van der Waals surface area (Å²) in [5.41, 5.74) is 2.39. The van der Waals surface area contributed by atoms with Gasteiger partial charge in [0.2, 0.25) is 0 Å². The molecule has 0 unspecified atom stereocenters. The maximum absolute atomic E-state index is 12.8. The Morgan fingerprint density at radius 2 is 1.88 bits per heavy atom. The zero-order valence-corrected chi connectivity index (χ0v) is 15.1. The molecule has 1 fully saturated rings. The molecule has 3 rings (SSSR count). The molecule has 0 radical (unpaired) electrons. The van der Waals surface area contributed by atoms with Crippen LogP contribution in [0, 0.1) is 0 Å². The van der Waals surface area contributed by atoms with Gasteiger partial charge in [0.25, 0.3) is 5.91 Å². The molecule has 1 aliphatic heterocycles. The van der Waals surface area contributed by atoms with E-state index in [1.54, 1.807) is 0 Å². The minimum absolute atomic E-state index is 0.00535. The Kier molecular flexibility index (Phi) is 4.92. The summed E-state index contributed by atoms with van der Waals surface area (Å²) in [4.78, 5) is 16.9. The normalized spacial score (nSPS) is 16.0. The van der Waals surface area contributed by atoms with Crippen LogP contribution in [0.15, 0.2) is 30.3 Å². The molecule has 0 aliphatic carbocycles. The molecule has 1 saturated heterocycles. The summed E-state index contributed by atoms with van der Waals surface area (Å²) in [5, 5.41) is 5.25. The zero-order valence-electron chi connectivity index (χ0n) is 14.4. The van der Waals surface area contributed by atoms with Crippen LogP contribution in [0.2, 0.25) is 5.02 Å². The molecule has 0 N–H and O–H groups in total. The van der Waals surface area contributed by atoms with Crippen molar-refractivity contribution in [3.05, 3.63) is 46.7 Å². The second-order valence-electron chi connectivity index (χ2n) is 6.60. The van der Waals surface area contributed by atoms with Gasteiger partial charge in [-0.25, -0.2) is 4.68 Å². The lowest BCUT2D eigenvalue weighted by Crippen LogP contribution is -2.47. The van der Waals surface area contributed by atoms with Gasteiger partial charge in [0, 0.05) is 36.9 Å². The highest BCUT2D eigenvalue weighted by Gasteiger charge is 2.24. The number of likely N-dealkylation sites (N-methyl/N-ethyl adjacent to an activating group) is 1. The van der Waals surface area contributed by atoms with Crippen molar-refractivity contribution < 1.29 is 4.79 Å². The van der Waals surface area contributed by atoms with Crippen molar-refractivity contribution in [2.45, 2.75) is 19.8 Å². The number of hydrogen-bond donors (Lipinski definition) is 0. The molecule has 0 bridgehead atoms. The van der Waals surface area contributed by atoms with Gasteiger partial charge in [0.15, 0.2) is 5.69 Å². The van der Waals surface area contributed by atoms with E-state index in [9.17, 15) is 4.79 Å². The lowest BCUT2D eigenvalue weighted by Gasteiger charge is -2.31. The summed E-state index contributed by atoms with van der Waals surface area (Å²) >= 11 is 6.11. The fourth-order valence-electron chi connectivity index (χ4n) is 2.90. The lowest BCUT2D eigenvalue weighted by molar-refractivity contribution is 0.0657. The SMILES string of the molecule is CC(C)c1cc(C(=O)N2CCN(C)CC2)nn1-c1cccc(Cl)c1. The van der Waals surface area contributed by atoms with E-state index >= 15 is 0 Å². The average Bonchev–Trinajstić information content (AvgIpc) is 3.00. The highest BCUT2D eigenvalue weighted by atomic mass is 35.5. The van der Waals surface area contributed by atoms with E-state index < -0.39 is 0 Å². The molecule has 2 heterocycles. The van der Waals surface area contributed by atoms with Crippen LogP contribution in [0.4, 0.5) is 0 Å². The molecule has 1 amide bonds. The van der Waals surface area contributed by atoms with Crippen molar-refractivity contribution in [3.63, 3.8) is 0 Å². The van der Waals surface area contributed by atoms with Crippen molar-refractivity contribution in [3.8, 4) is 5.69 Å². The van der Waals surface area contributed by atoms with Crippen molar-refractivity contribution in [2.75, 3.05) is 33.2 Å². The van der Waals surface area contributed by atoms with E-state index in [0.717, 1.165) is 37.6 Å². The van der Waals surface area contributed by atoms with Crippen molar-refractivity contribution in [1.29, 1.82) is 0 Å². The second-order valence-corrected chi connectivity index (χ2v) is 7.03. The number of benzene rings is 1. The first-order valence-electron chi connectivity index (χ1n) is 8.29. The monoisotopic (exact) mass is 346 g/mol. The molecule has 5 nitrogen and oxygen atoms in total. The Labute approximate surface area is 147 Å². The fraction of sp³-hybridized carbons (Fsp3) is 0.444. The third-order valence-corrected chi connectivity index (χ3v) is 4.63. The molecule has 24 heavy (non-hydrogen) atoms. The summed E-state index contributed by atoms with van der Waals surface area (Å²) < 4.78 is 1.83. The first-order chi connectivity index (χ1) is 11.5. The largest absolute Gasteiger partial charge is 0.335 e. The molecular formula is C18H23ClN4O. The van der Waals surface area contributed by atoms with Crippen molar-refractivity contribution in [1.82, 2.24) is 19.6 Å². The molecule has 1 aromatic carbocycles. The zero-order chi connectivity index (χ0) is 17.3. The van der Waals surface area contributed by atoms with Crippen molar-refractivity contribution in [2.24, 2.45) is 0 Å². The van der Waals surface area contributed by atoms with Crippen LogP contribution in [0.3, 0.4) is 0 Å². The summed E-state index contributed by atoms with van der Waals surface area (Å²) in [5.74, 6) is 0.260. The van der Waals surface area contributed by atoms with Gasteiger partial charge in [0.05, 0.1) is 5.69 Å². The van der Waals surface area contributed by atoms with Crippen LogP contribution in [0.5, 0.6) is 0 Å². The van der Waals surface area contributed by atoms with Crippen LogP contribution >= 0.6 is 11.6 Å². The Bertz CT molecular complexity index is 732.